The highest BCUT2D eigenvalue weighted by atomic mass is 79.9. The van der Waals surface area contributed by atoms with Crippen LogP contribution in [-0.2, 0) is 5.41 Å². The molecule has 41 heavy (non-hydrogen) atoms. The van der Waals surface area contributed by atoms with Crippen LogP contribution in [0.5, 0.6) is 0 Å². The van der Waals surface area contributed by atoms with Gasteiger partial charge >= 0.3 is 0 Å². The van der Waals surface area contributed by atoms with Gasteiger partial charge in [0.25, 0.3) is 0 Å². The van der Waals surface area contributed by atoms with Crippen LogP contribution in [-0.4, -0.2) is 19.1 Å². The average Bonchev–Trinajstić information content (AvgIpc) is 3.62. The van der Waals surface area contributed by atoms with E-state index in [1.54, 1.807) is 12.4 Å². The van der Waals surface area contributed by atoms with Crippen molar-refractivity contribution in [2.75, 3.05) is 0 Å². The van der Waals surface area contributed by atoms with Gasteiger partial charge < -0.3 is 9.13 Å². The molecule has 0 spiro atoms. The monoisotopic (exact) mass is 598 g/mol. The molecule has 0 radical (unpaired) electrons. The number of benzene rings is 3. The van der Waals surface area contributed by atoms with E-state index in [1.807, 2.05) is 24.5 Å². The Morgan fingerprint density at radius 2 is 1.29 bits per heavy atom. The first-order valence-corrected chi connectivity index (χ1v) is 14.5. The van der Waals surface area contributed by atoms with Crippen molar-refractivity contribution in [2.24, 2.45) is 0 Å². The molecule has 0 bridgehead atoms. The van der Waals surface area contributed by atoms with Gasteiger partial charge in [-0.25, -0.2) is 0 Å². The number of halogens is 1. The first kappa shape index (κ1) is 26.7. The van der Waals surface area contributed by atoms with E-state index in [4.69, 9.17) is 0 Å². The summed E-state index contributed by atoms with van der Waals surface area (Å²) in [5.74, 6) is 0. The van der Waals surface area contributed by atoms with Crippen LogP contribution < -0.4 is 0 Å². The molecule has 0 atom stereocenters. The molecule has 0 fully saturated rings. The Morgan fingerprint density at radius 1 is 0.634 bits per heavy atom. The van der Waals surface area contributed by atoms with Crippen molar-refractivity contribution in [1.82, 2.24) is 19.1 Å². The van der Waals surface area contributed by atoms with Crippen LogP contribution in [0.4, 0.5) is 0 Å². The molecule has 0 amide bonds. The lowest BCUT2D eigenvalue weighted by Gasteiger charge is -2.19. The summed E-state index contributed by atoms with van der Waals surface area (Å²) in [6.07, 6.45) is 11.5. The van der Waals surface area contributed by atoms with Crippen LogP contribution >= 0.6 is 15.9 Å². The first-order chi connectivity index (χ1) is 19.9. The van der Waals surface area contributed by atoms with Crippen LogP contribution in [0.1, 0.15) is 26.3 Å². The van der Waals surface area contributed by atoms with Gasteiger partial charge in [0.05, 0.1) is 34.8 Å². The maximum absolute atomic E-state index is 4.24. The summed E-state index contributed by atoms with van der Waals surface area (Å²) in [4.78, 5) is 8.37. The second-order valence-electron chi connectivity index (χ2n) is 11.1. The number of nitrogens with zero attached hydrogens (tertiary/aromatic N) is 4. The minimum absolute atomic E-state index is 0.175. The lowest BCUT2D eigenvalue weighted by Crippen LogP contribution is -2.10. The zero-order valence-corrected chi connectivity index (χ0v) is 25.0. The predicted molar refractivity (Wildman–Crippen MR) is 174 cm³/mol. The maximum Gasteiger partial charge on any atom is 0.0639 e. The van der Waals surface area contributed by atoms with E-state index >= 15 is 0 Å². The van der Waals surface area contributed by atoms with Crippen molar-refractivity contribution in [2.45, 2.75) is 26.2 Å². The van der Waals surface area contributed by atoms with Gasteiger partial charge in [-0.1, -0.05) is 73.1 Å². The molecule has 0 aliphatic carbocycles. The molecule has 7 aromatic rings. The van der Waals surface area contributed by atoms with Gasteiger partial charge in [-0.2, -0.15) is 0 Å². The standard InChI is InChI=1S/C23H22N2.C13H9BrN2/c1-23(2,3)18-11-9-17(10-12-18)20-7-4-8-22-21(20)13-15-25(22)19-6-5-14-24-16-19;14-11-3-4-13-10(8-11)5-7-16(13)12-2-1-6-15-9-12/h4-16H,1-3H3;1-9H. The molecule has 0 aliphatic rings. The van der Waals surface area contributed by atoms with Crippen molar-refractivity contribution < 1.29 is 0 Å². The van der Waals surface area contributed by atoms with Gasteiger partial charge in [0.1, 0.15) is 0 Å². The molecule has 7 rings (SSSR count). The number of pyridine rings is 2. The van der Waals surface area contributed by atoms with E-state index in [-0.39, 0.29) is 5.41 Å². The van der Waals surface area contributed by atoms with Gasteiger partial charge in [-0.3, -0.25) is 9.97 Å². The Bertz CT molecular complexity index is 1910. The summed E-state index contributed by atoms with van der Waals surface area (Å²) in [7, 11) is 0. The lowest BCUT2D eigenvalue weighted by molar-refractivity contribution is 0.590. The normalized spacial score (nSPS) is 11.4. The second kappa shape index (κ2) is 11.2. The summed E-state index contributed by atoms with van der Waals surface area (Å²) in [5, 5.41) is 2.48. The molecular weight excluding hydrogens is 568 g/mol. The van der Waals surface area contributed by atoms with Crippen molar-refractivity contribution in [3.63, 3.8) is 0 Å². The molecule has 4 nitrogen and oxygen atoms in total. The predicted octanol–water partition coefficient (Wildman–Crippen LogP) is 9.78. The fourth-order valence-corrected chi connectivity index (χ4v) is 5.50. The van der Waals surface area contributed by atoms with Gasteiger partial charge in [-0.05, 0) is 82.8 Å². The number of fused-ring (bicyclic) bond motifs is 2. The van der Waals surface area contributed by atoms with Crippen molar-refractivity contribution in [3.8, 4) is 22.5 Å². The highest BCUT2D eigenvalue weighted by molar-refractivity contribution is 9.10. The van der Waals surface area contributed by atoms with Crippen LogP contribution in [0.25, 0.3) is 44.3 Å². The molecule has 4 aromatic heterocycles. The van der Waals surface area contributed by atoms with Gasteiger partial charge in [0, 0.05) is 40.0 Å². The molecule has 0 N–H and O–H groups in total. The second-order valence-corrected chi connectivity index (χ2v) is 12.0. The number of aromatic nitrogens is 4. The largest absolute Gasteiger partial charge is 0.315 e. The van der Waals surface area contributed by atoms with Crippen molar-refractivity contribution >= 4 is 37.7 Å². The van der Waals surface area contributed by atoms with Gasteiger partial charge in [0.15, 0.2) is 0 Å². The zero-order valence-electron chi connectivity index (χ0n) is 23.4. The third-order valence-corrected chi connectivity index (χ3v) is 7.79. The molecule has 202 valence electrons. The fourth-order valence-electron chi connectivity index (χ4n) is 5.13. The third-order valence-electron chi connectivity index (χ3n) is 7.30. The Hall–Kier alpha value is -4.48. The quantitative estimate of drug-likeness (QED) is 0.203. The van der Waals surface area contributed by atoms with E-state index in [1.165, 1.54) is 38.5 Å². The minimum Gasteiger partial charge on any atom is -0.315 e. The van der Waals surface area contributed by atoms with Crippen LogP contribution in [0, 0.1) is 0 Å². The maximum atomic E-state index is 4.24. The summed E-state index contributed by atoms with van der Waals surface area (Å²) >= 11 is 3.48. The third kappa shape index (κ3) is 5.59. The molecule has 0 unspecified atom stereocenters. The van der Waals surface area contributed by atoms with Crippen LogP contribution in [0.3, 0.4) is 0 Å². The molecule has 0 saturated carbocycles. The number of hydrogen-bond donors (Lipinski definition) is 0. The molecule has 0 aliphatic heterocycles. The lowest BCUT2D eigenvalue weighted by atomic mass is 9.86. The molecule has 5 heteroatoms. The van der Waals surface area contributed by atoms with E-state index < -0.39 is 0 Å². The van der Waals surface area contributed by atoms with E-state index in [9.17, 15) is 0 Å². The highest BCUT2D eigenvalue weighted by Gasteiger charge is 2.14. The summed E-state index contributed by atoms with van der Waals surface area (Å²) in [5.41, 5.74) is 8.60. The molecule has 4 heterocycles. The average molecular weight is 600 g/mol. The van der Waals surface area contributed by atoms with Crippen molar-refractivity contribution in [3.05, 3.63) is 144 Å². The van der Waals surface area contributed by atoms with Gasteiger partial charge in [-0.15, -0.1) is 0 Å². The van der Waals surface area contributed by atoms with Crippen LogP contribution in [0.2, 0.25) is 0 Å². The van der Waals surface area contributed by atoms with Crippen molar-refractivity contribution in [1.29, 1.82) is 0 Å². The number of hydrogen-bond acceptors (Lipinski definition) is 2. The summed E-state index contributed by atoms with van der Waals surface area (Å²) in [6, 6.07) is 34.0. The minimum atomic E-state index is 0.175. The smallest absolute Gasteiger partial charge is 0.0639 e. The van der Waals surface area contributed by atoms with E-state index in [2.05, 4.69) is 153 Å². The number of rotatable bonds is 3. The molecular formula is C36H31BrN4. The fraction of sp³-hybridized carbons (Fsp3) is 0.111. The Balaban J connectivity index is 0.000000162. The summed E-state index contributed by atoms with van der Waals surface area (Å²) in [6.45, 7) is 6.74. The zero-order chi connectivity index (χ0) is 28.4. The first-order valence-electron chi connectivity index (χ1n) is 13.7. The SMILES string of the molecule is Brc1ccc2c(ccn2-c2cccnc2)c1.CC(C)(C)c1ccc(-c2cccc3c2ccn3-c2cccnc2)cc1. The Kier molecular flexibility index (Phi) is 7.29. The van der Waals surface area contributed by atoms with E-state index in [0.717, 1.165) is 15.8 Å². The van der Waals surface area contributed by atoms with E-state index in [0.29, 0.717) is 0 Å². The summed E-state index contributed by atoms with van der Waals surface area (Å²) < 4.78 is 5.42. The topological polar surface area (TPSA) is 35.6 Å². The van der Waals surface area contributed by atoms with Crippen LogP contribution in [0.15, 0.2) is 139 Å². The highest BCUT2D eigenvalue weighted by Crippen LogP contribution is 2.32. The Labute approximate surface area is 249 Å². The molecule has 0 saturated heterocycles. The molecule has 3 aromatic carbocycles. The van der Waals surface area contributed by atoms with Gasteiger partial charge in [0.2, 0.25) is 0 Å². The Morgan fingerprint density at radius 3 is 1.93 bits per heavy atom.